The summed E-state index contributed by atoms with van der Waals surface area (Å²) in [7, 11) is 0. The third-order valence-corrected chi connectivity index (χ3v) is 3.04. The van der Waals surface area contributed by atoms with Gasteiger partial charge in [0.15, 0.2) is 0 Å². The van der Waals surface area contributed by atoms with Gasteiger partial charge in [0.1, 0.15) is 0 Å². The van der Waals surface area contributed by atoms with Crippen LogP contribution in [0.15, 0.2) is 18.5 Å². The molecule has 1 aliphatic heterocycles. The van der Waals surface area contributed by atoms with Gasteiger partial charge in [0.25, 0.3) is 0 Å². The minimum Gasteiger partial charge on any atom is -0.338 e. The molecule has 0 saturated carbocycles. The van der Waals surface area contributed by atoms with E-state index < -0.39 is 0 Å². The Kier molecular flexibility index (Phi) is 4.41. The highest BCUT2D eigenvalue weighted by atomic mass is 16.2. The Balaban J connectivity index is 1.59. The molecule has 0 radical (unpaired) electrons. The molecule has 17 heavy (non-hydrogen) atoms. The van der Waals surface area contributed by atoms with Gasteiger partial charge in [0, 0.05) is 38.6 Å². The van der Waals surface area contributed by atoms with E-state index in [9.17, 15) is 4.79 Å². The second-order valence-corrected chi connectivity index (χ2v) is 4.40. The van der Waals surface area contributed by atoms with Crippen LogP contribution in [0.1, 0.15) is 25.7 Å². The monoisotopic (exact) mass is 236 g/mol. The first-order valence-electron chi connectivity index (χ1n) is 6.36. The zero-order valence-electron chi connectivity index (χ0n) is 10.1. The third kappa shape index (κ3) is 3.76. The Bertz CT molecular complexity index is 330. The van der Waals surface area contributed by atoms with Crippen LogP contribution in [-0.4, -0.2) is 40.3 Å². The number of urea groups is 1. The molecule has 0 spiro atoms. The number of nitrogens with one attached hydrogen (secondary N) is 1. The molecule has 0 aliphatic carbocycles. The molecule has 94 valence electrons. The maximum atomic E-state index is 11.8. The van der Waals surface area contributed by atoms with Crippen molar-refractivity contribution in [1.29, 1.82) is 0 Å². The molecule has 1 saturated heterocycles. The van der Waals surface area contributed by atoms with Crippen LogP contribution in [0.2, 0.25) is 0 Å². The van der Waals surface area contributed by atoms with Gasteiger partial charge in [0.2, 0.25) is 0 Å². The SMILES string of the molecule is O=C(NCCCn1cccn1)N1CCCCC1. The molecular formula is C12H20N4O. The molecule has 0 bridgehead atoms. The largest absolute Gasteiger partial charge is 0.338 e. The van der Waals surface area contributed by atoms with E-state index in [1.54, 1.807) is 6.20 Å². The lowest BCUT2D eigenvalue weighted by atomic mass is 10.1. The molecule has 5 nitrogen and oxygen atoms in total. The predicted octanol–water partition coefficient (Wildman–Crippen LogP) is 1.47. The standard InChI is InChI=1S/C12H20N4O/c17-12(15-8-2-1-3-9-15)13-6-4-10-16-11-5-7-14-16/h5,7,11H,1-4,6,8-10H2,(H,13,17). The second kappa shape index (κ2) is 6.27. The van der Waals surface area contributed by atoms with Gasteiger partial charge in [-0.3, -0.25) is 4.68 Å². The van der Waals surface area contributed by atoms with Crippen molar-refractivity contribution < 1.29 is 4.79 Å². The van der Waals surface area contributed by atoms with Gasteiger partial charge in [-0.2, -0.15) is 5.10 Å². The smallest absolute Gasteiger partial charge is 0.317 e. The summed E-state index contributed by atoms with van der Waals surface area (Å²) in [6, 6.07) is 2.00. The summed E-state index contributed by atoms with van der Waals surface area (Å²) in [5.74, 6) is 0. The number of rotatable bonds is 4. The normalized spacial score (nSPS) is 15.9. The molecule has 1 aromatic rings. The van der Waals surface area contributed by atoms with Crippen molar-refractivity contribution in [3.63, 3.8) is 0 Å². The van der Waals surface area contributed by atoms with Crippen LogP contribution in [0.3, 0.4) is 0 Å². The lowest BCUT2D eigenvalue weighted by molar-refractivity contribution is 0.186. The van der Waals surface area contributed by atoms with E-state index in [0.29, 0.717) is 0 Å². The molecule has 2 rings (SSSR count). The summed E-state index contributed by atoms with van der Waals surface area (Å²) in [4.78, 5) is 13.7. The number of carbonyl (C=O) groups excluding carboxylic acids is 1. The summed E-state index contributed by atoms with van der Waals surface area (Å²) in [5.41, 5.74) is 0. The molecule has 2 heterocycles. The van der Waals surface area contributed by atoms with Gasteiger partial charge >= 0.3 is 6.03 Å². The highest BCUT2D eigenvalue weighted by Gasteiger charge is 2.15. The van der Waals surface area contributed by atoms with E-state index >= 15 is 0 Å². The fourth-order valence-corrected chi connectivity index (χ4v) is 2.08. The van der Waals surface area contributed by atoms with Crippen LogP contribution in [0, 0.1) is 0 Å². The maximum absolute atomic E-state index is 11.8. The van der Waals surface area contributed by atoms with Crippen molar-refractivity contribution in [2.75, 3.05) is 19.6 Å². The minimum atomic E-state index is 0.0881. The average molecular weight is 236 g/mol. The van der Waals surface area contributed by atoms with Crippen LogP contribution in [-0.2, 0) is 6.54 Å². The Labute approximate surface area is 102 Å². The molecule has 1 aliphatic rings. The predicted molar refractivity (Wildman–Crippen MR) is 65.7 cm³/mol. The third-order valence-electron chi connectivity index (χ3n) is 3.04. The molecule has 2 amide bonds. The molecule has 5 heteroatoms. The number of hydrogen-bond acceptors (Lipinski definition) is 2. The van der Waals surface area contributed by atoms with Crippen molar-refractivity contribution in [2.45, 2.75) is 32.2 Å². The van der Waals surface area contributed by atoms with Crippen molar-refractivity contribution in [1.82, 2.24) is 20.0 Å². The van der Waals surface area contributed by atoms with E-state index in [4.69, 9.17) is 0 Å². The second-order valence-electron chi connectivity index (χ2n) is 4.40. The van der Waals surface area contributed by atoms with Crippen LogP contribution < -0.4 is 5.32 Å². The topological polar surface area (TPSA) is 50.2 Å². The Hall–Kier alpha value is -1.52. The number of hydrogen-bond donors (Lipinski definition) is 1. The van der Waals surface area contributed by atoms with Crippen molar-refractivity contribution >= 4 is 6.03 Å². The van der Waals surface area contributed by atoms with Gasteiger partial charge < -0.3 is 10.2 Å². The number of amides is 2. The lowest BCUT2D eigenvalue weighted by Gasteiger charge is -2.26. The van der Waals surface area contributed by atoms with E-state index in [1.165, 1.54) is 6.42 Å². The van der Waals surface area contributed by atoms with E-state index in [0.717, 1.165) is 45.4 Å². The molecular weight excluding hydrogens is 216 g/mol. The number of piperidine rings is 1. The van der Waals surface area contributed by atoms with Crippen molar-refractivity contribution in [2.24, 2.45) is 0 Å². The molecule has 1 fully saturated rings. The summed E-state index contributed by atoms with van der Waals surface area (Å²) >= 11 is 0. The van der Waals surface area contributed by atoms with Crippen molar-refractivity contribution in [3.05, 3.63) is 18.5 Å². The fourth-order valence-electron chi connectivity index (χ4n) is 2.08. The van der Waals surface area contributed by atoms with Crippen LogP contribution in [0.25, 0.3) is 0 Å². The first-order chi connectivity index (χ1) is 8.36. The zero-order chi connectivity index (χ0) is 11.9. The number of carbonyl (C=O) groups is 1. The van der Waals surface area contributed by atoms with Gasteiger partial charge in [0.05, 0.1) is 0 Å². The summed E-state index contributed by atoms with van der Waals surface area (Å²) in [6.45, 7) is 3.39. The number of aryl methyl sites for hydroxylation is 1. The van der Waals surface area contributed by atoms with E-state index in [2.05, 4.69) is 10.4 Å². The average Bonchev–Trinajstić information content (AvgIpc) is 2.88. The maximum Gasteiger partial charge on any atom is 0.317 e. The Morgan fingerprint density at radius 1 is 1.29 bits per heavy atom. The zero-order valence-corrected chi connectivity index (χ0v) is 10.1. The lowest BCUT2D eigenvalue weighted by Crippen LogP contribution is -2.43. The van der Waals surface area contributed by atoms with Gasteiger partial charge in [-0.1, -0.05) is 0 Å². The van der Waals surface area contributed by atoms with Crippen LogP contribution in [0.4, 0.5) is 4.79 Å². The Morgan fingerprint density at radius 2 is 2.12 bits per heavy atom. The summed E-state index contributed by atoms with van der Waals surface area (Å²) in [6.07, 6.45) is 8.16. The molecule has 1 N–H and O–H groups in total. The van der Waals surface area contributed by atoms with Crippen LogP contribution >= 0.6 is 0 Å². The minimum absolute atomic E-state index is 0.0881. The fraction of sp³-hybridized carbons (Fsp3) is 0.667. The van der Waals surface area contributed by atoms with Gasteiger partial charge in [-0.25, -0.2) is 4.79 Å². The number of likely N-dealkylation sites (tertiary alicyclic amines) is 1. The Morgan fingerprint density at radius 3 is 2.82 bits per heavy atom. The van der Waals surface area contributed by atoms with Crippen LogP contribution in [0.5, 0.6) is 0 Å². The quantitative estimate of drug-likeness (QED) is 0.805. The first-order valence-corrected chi connectivity index (χ1v) is 6.36. The van der Waals surface area contributed by atoms with Crippen molar-refractivity contribution in [3.8, 4) is 0 Å². The number of nitrogens with zero attached hydrogens (tertiary/aromatic N) is 3. The molecule has 0 aromatic carbocycles. The number of aromatic nitrogens is 2. The summed E-state index contributed by atoms with van der Waals surface area (Å²) in [5, 5.41) is 7.08. The first kappa shape index (κ1) is 12.0. The van der Waals surface area contributed by atoms with Gasteiger partial charge in [-0.15, -0.1) is 0 Å². The van der Waals surface area contributed by atoms with Gasteiger partial charge in [-0.05, 0) is 31.7 Å². The molecule has 0 unspecified atom stereocenters. The van der Waals surface area contributed by atoms with E-state index in [1.807, 2.05) is 21.8 Å². The van der Waals surface area contributed by atoms with E-state index in [-0.39, 0.29) is 6.03 Å². The summed E-state index contributed by atoms with van der Waals surface area (Å²) < 4.78 is 1.88. The molecule has 0 atom stereocenters. The highest BCUT2D eigenvalue weighted by molar-refractivity contribution is 5.74. The molecule has 1 aromatic heterocycles. The highest BCUT2D eigenvalue weighted by Crippen LogP contribution is 2.08.